The number of thiazole rings is 1. The maximum Gasteiger partial charge on any atom is 0.222 e. The van der Waals surface area contributed by atoms with Crippen LogP contribution in [0.2, 0.25) is 0 Å². The van der Waals surface area contributed by atoms with E-state index in [1.165, 1.54) is 4.88 Å². The van der Waals surface area contributed by atoms with Gasteiger partial charge in [0.25, 0.3) is 0 Å². The van der Waals surface area contributed by atoms with Crippen molar-refractivity contribution in [1.82, 2.24) is 15.0 Å². The summed E-state index contributed by atoms with van der Waals surface area (Å²) >= 11 is 1.71. The highest BCUT2D eigenvalue weighted by atomic mass is 32.1. The van der Waals surface area contributed by atoms with Crippen LogP contribution in [0.25, 0.3) is 0 Å². The Balaban J connectivity index is 1.52. The second-order valence-electron chi connectivity index (χ2n) is 5.75. The van der Waals surface area contributed by atoms with E-state index in [1.807, 2.05) is 18.5 Å². The molecule has 0 unspecified atom stereocenters. The highest BCUT2D eigenvalue weighted by Gasteiger charge is 2.30. The van der Waals surface area contributed by atoms with Gasteiger partial charge in [-0.25, -0.2) is 9.97 Å². The van der Waals surface area contributed by atoms with Gasteiger partial charge < -0.3 is 16.2 Å². The molecule has 0 radical (unpaired) electrons. The quantitative estimate of drug-likeness (QED) is 0.706. The number of anilines is 2. The number of aliphatic hydroxyl groups excluding tert-OH is 1. The monoisotopic (exact) mass is 319 g/mol. The number of nitrogens with zero attached hydrogens (tertiary/aromatic N) is 3. The van der Waals surface area contributed by atoms with Crippen molar-refractivity contribution in [3.8, 4) is 0 Å². The van der Waals surface area contributed by atoms with E-state index in [9.17, 15) is 5.11 Å². The molecule has 4 N–H and O–H groups in total. The lowest BCUT2D eigenvalue weighted by Crippen LogP contribution is -2.27. The van der Waals surface area contributed by atoms with E-state index in [2.05, 4.69) is 20.3 Å². The van der Waals surface area contributed by atoms with Crippen molar-refractivity contribution in [3.05, 3.63) is 27.8 Å². The van der Waals surface area contributed by atoms with Crippen LogP contribution in [0.15, 0.2) is 11.6 Å². The van der Waals surface area contributed by atoms with Crippen LogP contribution in [-0.4, -0.2) is 32.7 Å². The van der Waals surface area contributed by atoms with Crippen molar-refractivity contribution < 1.29 is 5.11 Å². The molecule has 0 bridgehead atoms. The third kappa shape index (κ3) is 3.53. The fourth-order valence-corrected chi connectivity index (χ4v) is 3.47. The first-order valence-electron chi connectivity index (χ1n) is 7.57. The smallest absolute Gasteiger partial charge is 0.222 e. The van der Waals surface area contributed by atoms with Gasteiger partial charge >= 0.3 is 0 Å². The molecule has 3 rings (SSSR count). The van der Waals surface area contributed by atoms with Crippen molar-refractivity contribution in [1.29, 1.82) is 0 Å². The first-order chi connectivity index (χ1) is 10.6. The summed E-state index contributed by atoms with van der Waals surface area (Å²) < 4.78 is 0. The average Bonchev–Trinajstić information content (AvgIpc) is 2.85. The molecule has 0 amide bonds. The van der Waals surface area contributed by atoms with Gasteiger partial charge in [-0.3, -0.25) is 0 Å². The topological polar surface area (TPSA) is 97.0 Å². The molecule has 2 heterocycles. The van der Waals surface area contributed by atoms with Crippen LogP contribution in [0.5, 0.6) is 0 Å². The Morgan fingerprint density at radius 2 is 2.23 bits per heavy atom. The van der Waals surface area contributed by atoms with Gasteiger partial charge in [0.05, 0.1) is 23.0 Å². The zero-order valence-electron chi connectivity index (χ0n) is 12.6. The van der Waals surface area contributed by atoms with Crippen molar-refractivity contribution in [3.63, 3.8) is 0 Å². The number of hydrogen-bond donors (Lipinski definition) is 3. The SMILES string of the molecule is Cc1ncsc1CCCNc1cc(C2CC(O)C2)nc(N)n1. The molecule has 118 valence electrons. The lowest BCUT2D eigenvalue weighted by atomic mass is 9.80. The molecule has 2 aromatic heterocycles. The molecule has 0 saturated heterocycles. The van der Waals surface area contributed by atoms with Gasteiger partial charge in [0, 0.05) is 23.4 Å². The summed E-state index contributed by atoms with van der Waals surface area (Å²) in [4.78, 5) is 14.1. The van der Waals surface area contributed by atoms with Crippen LogP contribution in [0, 0.1) is 6.92 Å². The van der Waals surface area contributed by atoms with E-state index in [-0.39, 0.29) is 6.10 Å². The number of nitrogens with two attached hydrogens (primary N) is 1. The molecule has 22 heavy (non-hydrogen) atoms. The summed E-state index contributed by atoms with van der Waals surface area (Å²) in [5.41, 5.74) is 9.73. The zero-order chi connectivity index (χ0) is 15.5. The van der Waals surface area contributed by atoms with E-state index in [0.717, 1.165) is 49.4 Å². The van der Waals surface area contributed by atoms with E-state index in [1.54, 1.807) is 11.3 Å². The van der Waals surface area contributed by atoms with Gasteiger partial charge in [0.1, 0.15) is 5.82 Å². The summed E-state index contributed by atoms with van der Waals surface area (Å²) in [6.45, 7) is 2.88. The normalized spacial score (nSPS) is 20.6. The van der Waals surface area contributed by atoms with Crippen LogP contribution in [0.4, 0.5) is 11.8 Å². The second-order valence-corrected chi connectivity index (χ2v) is 6.69. The zero-order valence-corrected chi connectivity index (χ0v) is 13.4. The summed E-state index contributed by atoms with van der Waals surface area (Å²) in [6.07, 6.45) is 3.37. The number of nitrogen functional groups attached to an aromatic ring is 1. The first kappa shape index (κ1) is 15.2. The number of nitrogens with one attached hydrogen (secondary N) is 1. The third-order valence-corrected chi connectivity index (χ3v) is 5.02. The van der Waals surface area contributed by atoms with E-state index >= 15 is 0 Å². The molecule has 2 aromatic rings. The Kier molecular flexibility index (Phi) is 4.54. The summed E-state index contributed by atoms with van der Waals surface area (Å²) in [5, 5.41) is 12.7. The van der Waals surface area contributed by atoms with Gasteiger partial charge in [0.15, 0.2) is 0 Å². The lowest BCUT2D eigenvalue weighted by Gasteiger charge is -2.30. The molecular weight excluding hydrogens is 298 g/mol. The standard InChI is InChI=1S/C15H21N5OS/c1-9-13(22-8-18-9)3-2-4-17-14-7-12(19-15(16)20-14)10-5-11(21)6-10/h7-8,10-11,21H,2-6H2,1H3,(H3,16,17,19,20). The molecule has 1 fully saturated rings. The molecule has 6 nitrogen and oxygen atoms in total. The molecule has 0 aromatic carbocycles. The van der Waals surface area contributed by atoms with Crippen molar-refractivity contribution in [2.24, 2.45) is 0 Å². The maximum atomic E-state index is 9.41. The minimum Gasteiger partial charge on any atom is -0.393 e. The van der Waals surface area contributed by atoms with Gasteiger partial charge in [-0.05, 0) is 32.6 Å². The van der Waals surface area contributed by atoms with Crippen LogP contribution in [-0.2, 0) is 6.42 Å². The molecule has 0 spiro atoms. The molecule has 0 atom stereocenters. The average molecular weight is 319 g/mol. The molecule has 7 heteroatoms. The van der Waals surface area contributed by atoms with Gasteiger partial charge in [0.2, 0.25) is 5.95 Å². The Morgan fingerprint density at radius 1 is 1.41 bits per heavy atom. The Morgan fingerprint density at radius 3 is 2.91 bits per heavy atom. The van der Waals surface area contributed by atoms with Crippen molar-refractivity contribution in [2.45, 2.75) is 44.6 Å². The third-order valence-electron chi connectivity index (χ3n) is 4.03. The lowest BCUT2D eigenvalue weighted by molar-refractivity contribution is 0.0732. The van der Waals surface area contributed by atoms with Crippen LogP contribution >= 0.6 is 11.3 Å². The molecule has 1 saturated carbocycles. The number of hydrogen-bond acceptors (Lipinski definition) is 7. The highest BCUT2D eigenvalue weighted by Crippen LogP contribution is 2.36. The molecule has 1 aliphatic rings. The van der Waals surface area contributed by atoms with Gasteiger partial charge in [-0.2, -0.15) is 4.98 Å². The molecule has 1 aliphatic carbocycles. The number of aromatic nitrogens is 3. The number of aliphatic hydroxyl groups is 1. The predicted molar refractivity (Wildman–Crippen MR) is 88.1 cm³/mol. The first-order valence-corrected chi connectivity index (χ1v) is 8.45. The Labute approximate surface area is 133 Å². The highest BCUT2D eigenvalue weighted by molar-refractivity contribution is 7.09. The Bertz CT molecular complexity index is 639. The van der Waals surface area contributed by atoms with Crippen molar-refractivity contribution in [2.75, 3.05) is 17.6 Å². The maximum absolute atomic E-state index is 9.41. The summed E-state index contributed by atoms with van der Waals surface area (Å²) in [5.74, 6) is 1.37. The fourth-order valence-electron chi connectivity index (χ4n) is 2.65. The number of rotatable bonds is 6. The number of aryl methyl sites for hydroxylation is 2. The van der Waals surface area contributed by atoms with Crippen molar-refractivity contribution >= 4 is 23.1 Å². The Hall–Kier alpha value is -1.73. The van der Waals surface area contributed by atoms with Crippen LogP contribution in [0.1, 0.15) is 41.4 Å². The van der Waals surface area contributed by atoms with Gasteiger partial charge in [-0.1, -0.05) is 0 Å². The minimum absolute atomic E-state index is 0.194. The van der Waals surface area contributed by atoms with Crippen LogP contribution in [0.3, 0.4) is 0 Å². The minimum atomic E-state index is -0.194. The summed E-state index contributed by atoms with van der Waals surface area (Å²) in [6, 6.07) is 1.95. The predicted octanol–water partition coefficient (Wildman–Crippen LogP) is 2.11. The van der Waals surface area contributed by atoms with Crippen LogP contribution < -0.4 is 11.1 Å². The van der Waals surface area contributed by atoms with E-state index < -0.39 is 0 Å². The second kappa shape index (κ2) is 6.58. The largest absolute Gasteiger partial charge is 0.393 e. The molecular formula is C15H21N5OS. The van der Waals surface area contributed by atoms with Gasteiger partial charge in [-0.15, -0.1) is 11.3 Å². The fraction of sp³-hybridized carbons (Fsp3) is 0.533. The summed E-state index contributed by atoms with van der Waals surface area (Å²) in [7, 11) is 0. The molecule has 0 aliphatic heterocycles. The van der Waals surface area contributed by atoms with E-state index in [0.29, 0.717) is 11.9 Å². The van der Waals surface area contributed by atoms with E-state index in [4.69, 9.17) is 5.73 Å².